The first-order valence-electron chi connectivity index (χ1n) is 7.78. The van der Waals surface area contributed by atoms with Crippen molar-refractivity contribution in [3.63, 3.8) is 0 Å². The second kappa shape index (κ2) is 7.39. The first-order valence-corrected chi connectivity index (χ1v) is 7.78. The topological polar surface area (TPSA) is 50.7 Å². The van der Waals surface area contributed by atoms with Gasteiger partial charge in [-0.05, 0) is 6.07 Å². The number of morpholine rings is 1. The Morgan fingerprint density at radius 1 is 1.13 bits per heavy atom. The van der Waals surface area contributed by atoms with Crippen LogP contribution < -0.4 is 9.64 Å². The molecule has 1 fully saturated rings. The van der Waals surface area contributed by atoms with E-state index in [0.717, 1.165) is 44.2 Å². The number of ether oxygens (including phenoxy) is 2. The summed E-state index contributed by atoms with van der Waals surface area (Å²) in [6, 6.07) is 8.08. The summed E-state index contributed by atoms with van der Waals surface area (Å²) in [6.07, 6.45) is 3.31. The average Bonchev–Trinajstić information content (AvgIpc) is 2.58. The summed E-state index contributed by atoms with van der Waals surface area (Å²) < 4.78 is 11.5. The number of nitrogens with zero attached hydrogens (tertiary/aromatic N) is 4. The van der Waals surface area contributed by atoms with Gasteiger partial charge >= 0.3 is 0 Å². The summed E-state index contributed by atoms with van der Waals surface area (Å²) in [5.74, 6) is 2.06. The van der Waals surface area contributed by atoms with E-state index in [1.165, 1.54) is 0 Å². The number of benzene rings is 1. The van der Waals surface area contributed by atoms with Crippen LogP contribution in [-0.2, 0) is 11.3 Å². The van der Waals surface area contributed by atoms with Gasteiger partial charge in [0.05, 0.1) is 13.2 Å². The number of aromatic nitrogens is 2. The first-order chi connectivity index (χ1) is 11.2. The summed E-state index contributed by atoms with van der Waals surface area (Å²) in [7, 11) is 3.85. The van der Waals surface area contributed by atoms with E-state index in [2.05, 4.69) is 20.9 Å². The average molecular weight is 314 g/mol. The molecule has 2 heterocycles. The minimum atomic E-state index is 0.520. The lowest BCUT2D eigenvalue weighted by molar-refractivity contribution is 0.0339. The van der Waals surface area contributed by atoms with Crippen LogP contribution in [0, 0.1) is 0 Å². The second-order valence-corrected chi connectivity index (χ2v) is 5.68. The second-order valence-electron chi connectivity index (χ2n) is 5.68. The Morgan fingerprint density at radius 3 is 2.65 bits per heavy atom. The van der Waals surface area contributed by atoms with Crippen LogP contribution in [-0.4, -0.2) is 55.3 Å². The Bertz CT molecular complexity index is 642. The van der Waals surface area contributed by atoms with Gasteiger partial charge in [0, 0.05) is 51.7 Å². The van der Waals surface area contributed by atoms with Gasteiger partial charge in [-0.15, -0.1) is 0 Å². The molecule has 6 heteroatoms. The van der Waals surface area contributed by atoms with E-state index in [-0.39, 0.29) is 0 Å². The van der Waals surface area contributed by atoms with Crippen molar-refractivity contribution in [1.82, 2.24) is 14.9 Å². The molecule has 6 nitrogen and oxygen atoms in total. The lowest BCUT2D eigenvalue weighted by Gasteiger charge is -2.27. The molecule has 1 aromatic heterocycles. The largest absolute Gasteiger partial charge is 0.436 e. The van der Waals surface area contributed by atoms with Gasteiger partial charge in [-0.2, -0.15) is 0 Å². The van der Waals surface area contributed by atoms with E-state index in [1.54, 1.807) is 12.4 Å². The predicted octanol–water partition coefficient (Wildman–Crippen LogP) is 2.17. The van der Waals surface area contributed by atoms with Crippen LogP contribution in [0.2, 0.25) is 0 Å². The van der Waals surface area contributed by atoms with E-state index in [1.807, 2.05) is 37.2 Å². The highest BCUT2D eigenvalue weighted by Crippen LogP contribution is 2.29. The van der Waals surface area contributed by atoms with Crippen molar-refractivity contribution in [2.45, 2.75) is 6.54 Å². The molecular formula is C17H22N4O2. The lowest BCUT2D eigenvalue weighted by atomic mass is 10.2. The van der Waals surface area contributed by atoms with Gasteiger partial charge in [-0.25, -0.2) is 9.97 Å². The van der Waals surface area contributed by atoms with Gasteiger partial charge in [-0.3, -0.25) is 4.90 Å². The molecule has 0 unspecified atom stereocenters. The Kier molecular flexibility index (Phi) is 5.05. The smallest absolute Gasteiger partial charge is 0.263 e. The molecule has 0 radical (unpaired) electrons. The van der Waals surface area contributed by atoms with Crippen LogP contribution in [0.15, 0.2) is 36.7 Å². The van der Waals surface area contributed by atoms with Gasteiger partial charge in [-0.1, -0.05) is 18.2 Å². The number of hydrogen-bond acceptors (Lipinski definition) is 6. The SMILES string of the molecule is CN(C)c1nccnc1Oc1ccccc1CN1CCOCC1. The number of hydrogen-bond donors (Lipinski definition) is 0. The normalized spacial score (nSPS) is 15.4. The fourth-order valence-corrected chi connectivity index (χ4v) is 2.54. The highest BCUT2D eigenvalue weighted by Gasteiger charge is 2.15. The molecule has 2 aromatic rings. The maximum absolute atomic E-state index is 6.07. The van der Waals surface area contributed by atoms with Crippen LogP contribution in [0.1, 0.15) is 5.56 Å². The summed E-state index contributed by atoms with van der Waals surface area (Å²) in [6.45, 7) is 4.32. The third-order valence-electron chi connectivity index (χ3n) is 3.75. The molecule has 0 saturated carbocycles. The molecule has 122 valence electrons. The molecule has 0 N–H and O–H groups in total. The first kappa shape index (κ1) is 15.7. The number of para-hydroxylation sites is 1. The van der Waals surface area contributed by atoms with E-state index >= 15 is 0 Å². The highest BCUT2D eigenvalue weighted by atomic mass is 16.5. The zero-order valence-corrected chi connectivity index (χ0v) is 13.6. The highest BCUT2D eigenvalue weighted by molar-refractivity contribution is 5.49. The Labute approximate surface area is 136 Å². The van der Waals surface area contributed by atoms with Crippen molar-refractivity contribution in [3.8, 4) is 11.6 Å². The molecule has 1 aliphatic rings. The van der Waals surface area contributed by atoms with Crippen LogP contribution in [0.3, 0.4) is 0 Å². The predicted molar refractivity (Wildman–Crippen MR) is 89.0 cm³/mol. The van der Waals surface area contributed by atoms with Gasteiger partial charge in [0.1, 0.15) is 5.75 Å². The maximum atomic E-state index is 6.07. The monoisotopic (exact) mass is 314 g/mol. The third-order valence-corrected chi connectivity index (χ3v) is 3.75. The van der Waals surface area contributed by atoms with E-state index in [0.29, 0.717) is 11.7 Å². The molecule has 0 aliphatic carbocycles. The summed E-state index contributed by atoms with van der Waals surface area (Å²) >= 11 is 0. The summed E-state index contributed by atoms with van der Waals surface area (Å²) in [4.78, 5) is 12.9. The van der Waals surface area contributed by atoms with Gasteiger partial charge < -0.3 is 14.4 Å². The van der Waals surface area contributed by atoms with Crippen molar-refractivity contribution >= 4 is 5.82 Å². The van der Waals surface area contributed by atoms with Crippen LogP contribution in [0.4, 0.5) is 5.82 Å². The zero-order valence-electron chi connectivity index (χ0n) is 13.6. The Morgan fingerprint density at radius 2 is 1.87 bits per heavy atom. The van der Waals surface area contributed by atoms with Crippen molar-refractivity contribution in [1.29, 1.82) is 0 Å². The molecule has 0 atom stereocenters. The van der Waals surface area contributed by atoms with Crippen molar-refractivity contribution in [2.75, 3.05) is 45.3 Å². The van der Waals surface area contributed by atoms with Crippen molar-refractivity contribution in [2.24, 2.45) is 0 Å². The number of rotatable bonds is 5. The summed E-state index contributed by atoms with van der Waals surface area (Å²) in [5, 5.41) is 0. The molecule has 0 bridgehead atoms. The van der Waals surface area contributed by atoms with Crippen LogP contribution in [0.5, 0.6) is 11.6 Å². The quantitative estimate of drug-likeness (QED) is 0.843. The zero-order chi connectivity index (χ0) is 16.1. The van der Waals surface area contributed by atoms with Crippen molar-refractivity contribution in [3.05, 3.63) is 42.2 Å². The molecule has 0 amide bonds. The van der Waals surface area contributed by atoms with Crippen molar-refractivity contribution < 1.29 is 9.47 Å². The van der Waals surface area contributed by atoms with Gasteiger partial charge in [0.15, 0.2) is 5.82 Å². The van der Waals surface area contributed by atoms with E-state index < -0.39 is 0 Å². The summed E-state index contributed by atoms with van der Waals surface area (Å²) in [5.41, 5.74) is 1.14. The lowest BCUT2D eigenvalue weighted by Crippen LogP contribution is -2.35. The third kappa shape index (κ3) is 3.97. The molecule has 1 aromatic carbocycles. The van der Waals surface area contributed by atoms with Crippen LogP contribution in [0.25, 0.3) is 0 Å². The molecule has 1 saturated heterocycles. The molecular weight excluding hydrogens is 292 g/mol. The fourth-order valence-electron chi connectivity index (χ4n) is 2.54. The van der Waals surface area contributed by atoms with Crippen LogP contribution >= 0.6 is 0 Å². The molecule has 1 aliphatic heterocycles. The number of anilines is 1. The minimum absolute atomic E-state index is 0.520. The maximum Gasteiger partial charge on any atom is 0.263 e. The van der Waals surface area contributed by atoms with E-state index in [9.17, 15) is 0 Å². The van der Waals surface area contributed by atoms with Gasteiger partial charge in [0.25, 0.3) is 5.88 Å². The standard InChI is InChI=1S/C17H22N4O2/c1-20(2)16-17(19-8-7-18-16)23-15-6-4-3-5-14(15)13-21-9-11-22-12-10-21/h3-8H,9-13H2,1-2H3. The fraction of sp³-hybridized carbons (Fsp3) is 0.412. The van der Waals surface area contributed by atoms with E-state index in [4.69, 9.17) is 9.47 Å². The minimum Gasteiger partial charge on any atom is -0.436 e. The molecule has 23 heavy (non-hydrogen) atoms. The molecule has 3 rings (SSSR count). The Hall–Kier alpha value is -2.18. The van der Waals surface area contributed by atoms with Gasteiger partial charge in [0.2, 0.25) is 0 Å². The Balaban J connectivity index is 1.80. The molecule has 0 spiro atoms.